The monoisotopic (exact) mass is 356 g/mol. The minimum Gasteiger partial charge on any atom is -0.369 e. The first-order chi connectivity index (χ1) is 12.2. The van der Waals surface area contributed by atoms with E-state index in [9.17, 15) is 4.39 Å². The number of halogens is 1. The summed E-state index contributed by atoms with van der Waals surface area (Å²) in [5, 5.41) is 0. The fourth-order valence-corrected chi connectivity index (χ4v) is 3.62. The molecule has 2 N–H and O–H groups in total. The fourth-order valence-electron chi connectivity index (χ4n) is 3.40. The molecule has 2 heterocycles. The van der Waals surface area contributed by atoms with Gasteiger partial charge in [-0.1, -0.05) is 6.07 Å². The lowest BCUT2D eigenvalue weighted by atomic mass is 10.1. The van der Waals surface area contributed by atoms with Crippen LogP contribution in [0.3, 0.4) is 0 Å². The summed E-state index contributed by atoms with van der Waals surface area (Å²) in [5.74, 6) is -0.179. The van der Waals surface area contributed by atoms with Crippen molar-refractivity contribution in [3.63, 3.8) is 0 Å². The summed E-state index contributed by atoms with van der Waals surface area (Å²) >= 11 is 5.14. The Morgan fingerprint density at radius 2 is 1.64 bits per heavy atom. The largest absolute Gasteiger partial charge is 0.369 e. The molecule has 0 unspecified atom stereocenters. The number of hydrogen-bond acceptors (Lipinski definition) is 3. The van der Waals surface area contributed by atoms with Gasteiger partial charge in [0, 0.05) is 38.4 Å². The normalized spacial score (nSPS) is 15.8. The molecule has 4 rings (SSSR count). The molecule has 6 heteroatoms. The van der Waals surface area contributed by atoms with Gasteiger partial charge in [0.1, 0.15) is 5.82 Å². The molecule has 1 aromatic heterocycles. The average molecular weight is 356 g/mol. The molecule has 0 atom stereocenters. The quantitative estimate of drug-likeness (QED) is 0.700. The maximum atomic E-state index is 13.0. The maximum absolute atomic E-state index is 13.0. The van der Waals surface area contributed by atoms with Crippen molar-refractivity contribution < 1.29 is 4.39 Å². The zero-order valence-electron chi connectivity index (χ0n) is 14.0. The Kier molecular flexibility index (Phi) is 4.55. The zero-order valence-corrected chi connectivity index (χ0v) is 14.8. The lowest BCUT2D eigenvalue weighted by Crippen LogP contribution is -2.47. The van der Waals surface area contributed by atoms with Crippen LogP contribution in [0.15, 0.2) is 42.5 Å². The minimum absolute atomic E-state index is 0.179. The number of fused-ring (bicyclic) bond motifs is 1. The smallest absolute Gasteiger partial charge is 0.175 e. The molecule has 0 aliphatic carbocycles. The highest BCUT2D eigenvalue weighted by molar-refractivity contribution is 7.71. The molecule has 3 aromatic rings. The first-order valence-corrected chi connectivity index (χ1v) is 9.02. The Balaban J connectivity index is 1.32. The summed E-state index contributed by atoms with van der Waals surface area (Å²) in [4.78, 5) is 11.1. The molecule has 0 radical (unpaired) electrons. The Labute approximate surface area is 151 Å². The SMILES string of the molecule is Fc1ccc(N2CCN(CCc3ccc4[nH]c(=S)[nH]c4c3)CC2)cc1. The van der Waals surface area contributed by atoms with Gasteiger partial charge in [-0.2, -0.15) is 0 Å². The van der Waals surface area contributed by atoms with Crippen molar-refractivity contribution in [3.05, 3.63) is 58.6 Å². The maximum Gasteiger partial charge on any atom is 0.175 e. The number of benzene rings is 2. The van der Waals surface area contributed by atoms with Gasteiger partial charge in [0.15, 0.2) is 4.77 Å². The lowest BCUT2D eigenvalue weighted by molar-refractivity contribution is 0.261. The molecule has 0 amide bonds. The minimum atomic E-state index is -0.179. The van der Waals surface area contributed by atoms with Crippen LogP contribution in [0.25, 0.3) is 11.0 Å². The first-order valence-electron chi connectivity index (χ1n) is 8.61. The average Bonchev–Trinajstić information content (AvgIpc) is 3.00. The van der Waals surface area contributed by atoms with Crippen LogP contribution in [-0.2, 0) is 6.42 Å². The third-order valence-electron chi connectivity index (χ3n) is 4.86. The van der Waals surface area contributed by atoms with Gasteiger partial charge in [-0.15, -0.1) is 0 Å². The van der Waals surface area contributed by atoms with Crippen LogP contribution in [0, 0.1) is 10.6 Å². The second kappa shape index (κ2) is 6.98. The standard InChI is InChI=1S/C19H21FN4S/c20-15-2-4-16(5-3-15)24-11-9-23(10-12-24)8-7-14-1-6-17-18(13-14)22-19(25)21-17/h1-6,13H,7-12H2,(H2,21,22,25). The number of nitrogens with one attached hydrogen (secondary N) is 2. The van der Waals surface area contributed by atoms with Crippen molar-refractivity contribution in [2.75, 3.05) is 37.6 Å². The van der Waals surface area contributed by atoms with Gasteiger partial charge in [-0.3, -0.25) is 4.90 Å². The van der Waals surface area contributed by atoms with Gasteiger partial charge in [0.2, 0.25) is 0 Å². The molecule has 1 fully saturated rings. The highest BCUT2D eigenvalue weighted by Crippen LogP contribution is 2.18. The molecule has 0 spiro atoms. The molecule has 0 saturated carbocycles. The van der Waals surface area contributed by atoms with Gasteiger partial charge in [0.25, 0.3) is 0 Å². The second-order valence-electron chi connectivity index (χ2n) is 6.51. The van der Waals surface area contributed by atoms with E-state index in [0.717, 1.165) is 55.9 Å². The number of aromatic nitrogens is 2. The van der Waals surface area contributed by atoms with E-state index in [1.54, 1.807) is 0 Å². The summed E-state index contributed by atoms with van der Waals surface area (Å²) in [6.07, 6.45) is 1.03. The van der Waals surface area contributed by atoms with Crippen LogP contribution in [0.1, 0.15) is 5.56 Å². The molecule has 1 saturated heterocycles. The number of H-pyrrole nitrogens is 2. The number of imidazole rings is 1. The molecular formula is C19H21FN4S. The van der Waals surface area contributed by atoms with E-state index in [-0.39, 0.29) is 5.82 Å². The number of aromatic amines is 2. The zero-order chi connectivity index (χ0) is 17.2. The van der Waals surface area contributed by atoms with Gasteiger partial charge in [-0.25, -0.2) is 4.39 Å². The van der Waals surface area contributed by atoms with E-state index in [2.05, 4.69) is 38.0 Å². The van der Waals surface area contributed by atoms with E-state index in [4.69, 9.17) is 12.2 Å². The molecular weight excluding hydrogens is 335 g/mol. The number of piperazine rings is 1. The Hall–Kier alpha value is -2.18. The number of nitrogens with zero attached hydrogens (tertiary/aromatic N) is 2. The number of hydrogen-bond donors (Lipinski definition) is 2. The Morgan fingerprint density at radius 3 is 2.40 bits per heavy atom. The summed E-state index contributed by atoms with van der Waals surface area (Å²) in [6, 6.07) is 13.2. The first kappa shape index (κ1) is 16.3. The topological polar surface area (TPSA) is 38.1 Å². The Bertz CT molecular complexity index is 907. The highest BCUT2D eigenvalue weighted by Gasteiger charge is 2.17. The van der Waals surface area contributed by atoms with Crippen molar-refractivity contribution in [3.8, 4) is 0 Å². The van der Waals surface area contributed by atoms with Crippen LogP contribution < -0.4 is 4.90 Å². The van der Waals surface area contributed by atoms with Crippen molar-refractivity contribution in [2.24, 2.45) is 0 Å². The third-order valence-corrected chi connectivity index (χ3v) is 5.07. The van der Waals surface area contributed by atoms with Gasteiger partial charge in [0.05, 0.1) is 11.0 Å². The third kappa shape index (κ3) is 3.75. The van der Waals surface area contributed by atoms with Crippen molar-refractivity contribution in [1.82, 2.24) is 14.9 Å². The van der Waals surface area contributed by atoms with Crippen LogP contribution in [0.2, 0.25) is 0 Å². The number of rotatable bonds is 4. The molecule has 0 bridgehead atoms. The van der Waals surface area contributed by atoms with Gasteiger partial charge in [-0.05, 0) is 60.6 Å². The van der Waals surface area contributed by atoms with Crippen molar-refractivity contribution in [2.45, 2.75) is 6.42 Å². The molecule has 1 aliphatic heterocycles. The summed E-state index contributed by atoms with van der Waals surface area (Å²) in [7, 11) is 0. The molecule has 25 heavy (non-hydrogen) atoms. The van der Waals surface area contributed by atoms with E-state index in [0.29, 0.717) is 4.77 Å². The van der Waals surface area contributed by atoms with Gasteiger partial charge >= 0.3 is 0 Å². The fraction of sp³-hybridized carbons (Fsp3) is 0.316. The van der Waals surface area contributed by atoms with E-state index in [1.165, 1.54) is 17.7 Å². The molecule has 2 aromatic carbocycles. The number of anilines is 1. The highest BCUT2D eigenvalue weighted by atomic mass is 32.1. The lowest BCUT2D eigenvalue weighted by Gasteiger charge is -2.36. The predicted molar refractivity (Wildman–Crippen MR) is 102 cm³/mol. The molecule has 4 nitrogen and oxygen atoms in total. The predicted octanol–water partition coefficient (Wildman–Crippen LogP) is 3.73. The summed E-state index contributed by atoms with van der Waals surface area (Å²) in [6.45, 7) is 5.08. The van der Waals surface area contributed by atoms with Gasteiger partial charge < -0.3 is 14.9 Å². The van der Waals surface area contributed by atoms with E-state index < -0.39 is 0 Å². The van der Waals surface area contributed by atoms with Crippen LogP contribution in [-0.4, -0.2) is 47.6 Å². The summed E-state index contributed by atoms with van der Waals surface area (Å²) < 4.78 is 13.7. The van der Waals surface area contributed by atoms with E-state index >= 15 is 0 Å². The summed E-state index contributed by atoms with van der Waals surface area (Å²) in [5.41, 5.74) is 4.55. The molecule has 130 valence electrons. The van der Waals surface area contributed by atoms with Crippen LogP contribution >= 0.6 is 12.2 Å². The molecule has 1 aliphatic rings. The second-order valence-corrected chi connectivity index (χ2v) is 6.92. The Morgan fingerprint density at radius 1 is 0.920 bits per heavy atom. The van der Waals surface area contributed by atoms with Crippen LogP contribution in [0.4, 0.5) is 10.1 Å². The van der Waals surface area contributed by atoms with Crippen molar-refractivity contribution >= 4 is 28.9 Å². The van der Waals surface area contributed by atoms with E-state index in [1.807, 2.05) is 12.1 Å². The van der Waals surface area contributed by atoms with Crippen molar-refractivity contribution in [1.29, 1.82) is 0 Å². The van der Waals surface area contributed by atoms with Crippen LogP contribution in [0.5, 0.6) is 0 Å².